The van der Waals surface area contributed by atoms with E-state index in [0.29, 0.717) is 5.30 Å². The molecule has 66 valence electrons. The molecule has 0 spiro atoms. The zero-order chi connectivity index (χ0) is 9.14. The van der Waals surface area contributed by atoms with Gasteiger partial charge in [0.25, 0.3) is 0 Å². The van der Waals surface area contributed by atoms with E-state index in [2.05, 4.69) is 9.24 Å². The fourth-order valence-electron chi connectivity index (χ4n) is 0.955. The van der Waals surface area contributed by atoms with Crippen LogP contribution >= 0.6 is 9.24 Å². The van der Waals surface area contributed by atoms with Crippen LogP contribution in [0.1, 0.15) is 18.4 Å². The largest absolute Gasteiger partial charge is 0.396 e. The second-order valence-electron chi connectivity index (χ2n) is 2.86. The summed E-state index contributed by atoms with van der Waals surface area (Å²) in [5.74, 6) is -0.233. The van der Waals surface area contributed by atoms with Crippen LogP contribution in [-0.2, 0) is 0 Å². The van der Waals surface area contributed by atoms with E-state index in [-0.39, 0.29) is 18.3 Å². The van der Waals surface area contributed by atoms with Gasteiger partial charge in [-0.05, 0) is 11.6 Å². The van der Waals surface area contributed by atoms with Gasteiger partial charge in [0, 0.05) is 17.8 Å². The highest BCUT2D eigenvalue weighted by molar-refractivity contribution is 7.27. The monoisotopic (exact) mass is 186 g/mol. The first kappa shape index (κ1) is 9.63. The van der Waals surface area contributed by atoms with Gasteiger partial charge in [-0.2, -0.15) is 0 Å². The Hall–Kier alpha value is -0.460. The maximum Gasteiger partial charge on any atom is 0.130 e. The second kappa shape index (κ2) is 3.97. The molecule has 1 nitrogen and oxygen atoms in total. The lowest BCUT2D eigenvalue weighted by molar-refractivity contribution is 0.273. The van der Waals surface area contributed by atoms with Gasteiger partial charge in [-0.15, -0.1) is 9.24 Å². The molecule has 0 radical (unpaired) electrons. The van der Waals surface area contributed by atoms with Gasteiger partial charge in [0.2, 0.25) is 0 Å². The minimum Gasteiger partial charge on any atom is -0.396 e. The van der Waals surface area contributed by atoms with E-state index < -0.39 is 0 Å². The molecule has 0 saturated heterocycles. The summed E-state index contributed by atoms with van der Waals surface area (Å²) in [6, 6.07) is 4.98. The van der Waals surface area contributed by atoms with Crippen molar-refractivity contribution in [2.75, 3.05) is 6.61 Å². The van der Waals surface area contributed by atoms with Crippen LogP contribution < -0.4 is 5.30 Å². The maximum absolute atomic E-state index is 13.0. The topological polar surface area (TPSA) is 20.2 Å². The molecule has 0 aliphatic rings. The van der Waals surface area contributed by atoms with Crippen molar-refractivity contribution in [2.24, 2.45) is 0 Å². The van der Waals surface area contributed by atoms with Crippen molar-refractivity contribution in [3.05, 3.63) is 29.6 Å². The molecule has 2 unspecified atom stereocenters. The van der Waals surface area contributed by atoms with Crippen LogP contribution in [0.15, 0.2) is 18.2 Å². The van der Waals surface area contributed by atoms with Gasteiger partial charge in [-0.25, -0.2) is 4.39 Å². The van der Waals surface area contributed by atoms with Crippen LogP contribution in [0.25, 0.3) is 0 Å². The molecule has 0 aliphatic carbocycles. The Morgan fingerprint density at radius 2 is 2.25 bits per heavy atom. The van der Waals surface area contributed by atoms with Crippen LogP contribution in [0.3, 0.4) is 0 Å². The highest BCUT2D eigenvalue weighted by atomic mass is 31.0. The molecule has 0 bridgehead atoms. The van der Waals surface area contributed by atoms with Crippen LogP contribution in [0.2, 0.25) is 0 Å². The van der Waals surface area contributed by atoms with Crippen LogP contribution in [-0.4, -0.2) is 11.7 Å². The van der Waals surface area contributed by atoms with E-state index in [4.69, 9.17) is 5.11 Å². The fourth-order valence-corrected chi connectivity index (χ4v) is 1.13. The molecule has 1 aromatic carbocycles. The molecule has 0 aliphatic heterocycles. The van der Waals surface area contributed by atoms with Crippen molar-refractivity contribution in [1.82, 2.24) is 0 Å². The van der Waals surface area contributed by atoms with Crippen LogP contribution in [0.5, 0.6) is 0 Å². The number of hydrogen-bond acceptors (Lipinski definition) is 1. The van der Waals surface area contributed by atoms with Gasteiger partial charge in [0.15, 0.2) is 0 Å². The number of aliphatic hydroxyl groups excluding tert-OH is 1. The van der Waals surface area contributed by atoms with Crippen molar-refractivity contribution < 1.29 is 9.50 Å². The minimum atomic E-state index is -0.238. The molecule has 0 aromatic heterocycles. The van der Waals surface area contributed by atoms with Crippen molar-refractivity contribution in [1.29, 1.82) is 0 Å². The molecule has 2 atom stereocenters. The zero-order valence-electron chi connectivity index (χ0n) is 6.92. The summed E-state index contributed by atoms with van der Waals surface area (Å²) >= 11 is 0. The minimum absolute atomic E-state index is 0.00472. The predicted molar refractivity (Wildman–Crippen MR) is 51.2 cm³/mol. The standard InChI is InChI=1S/C9H12FOP/c1-6(5-11)7-2-3-9(12)8(10)4-7/h2-4,6,11H,5,12H2,1H3. The Balaban J connectivity index is 2.96. The fraction of sp³-hybridized carbons (Fsp3) is 0.333. The van der Waals surface area contributed by atoms with Crippen molar-refractivity contribution in [3.63, 3.8) is 0 Å². The lowest BCUT2D eigenvalue weighted by atomic mass is 10.0. The Bertz CT molecular complexity index is 275. The molecule has 0 fully saturated rings. The summed E-state index contributed by atoms with van der Waals surface area (Å²) < 4.78 is 13.0. The van der Waals surface area contributed by atoms with Crippen LogP contribution in [0, 0.1) is 5.82 Å². The molecule has 0 heterocycles. The summed E-state index contributed by atoms with van der Waals surface area (Å²) in [5.41, 5.74) is 0.834. The summed E-state index contributed by atoms with van der Waals surface area (Å²) in [5, 5.41) is 9.38. The lowest BCUT2D eigenvalue weighted by Crippen LogP contribution is -2.04. The van der Waals surface area contributed by atoms with Gasteiger partial charge in [0.1, 0.15) is 5.82 Å². The third-order valence-corrected chi connectivity index (χ3v) is 2.34. The third-order valence-electron chi connectivity index (χ3n) is 1.87. The van der Waals surface area contributed by atoms with E-state index >= 15 is 0 Å². The van der Waals surface area contributed by atoms with Gasteiger partial charge < -0.3 is 5.11 Å². The van der Waals surface area contributed by atoms with E-state index in [1.54, 1.807) is 6.07 Å². The quantitative estimate of drug-likeness (QED) is 0.692. The molecule has 0 amide bonds. The molecule has 12 heavy (non-hydrogen) atoms. The van der Waals surface area contributed by atoms with E-state index in [9.17, 15) is 4.39 Å². The third kappa shape index (κ3) is 2.02. The summed E-state index contributed by atoms with van der Waals surface area (Å²) in [6.07, 6.45) is 0. The number of hydrogen-bond donors (Lipinski definition) is 1. The van der Waals surface area contributed by atoms with E-state index in [0.717, 1.165) is 5.56 Å². The van der Waals surface area contributed by atoms with Gasteiger partial charge >= 0.3 is 0 Å². The number of halogens is 1. The first-order chi connectivity index (χ1) is 5.65. The Labute approximate surface area is 73.8 Å². The Kier molecular flexibility index (Phi) is 3.19. The molecule has 0 saturated carbocycles. The normalized spacial score (nSPS) is 13.0. The highest BCUT2D eigenvalue weighted by Crippen LogP contribution is 2.14. The number of rotatable bonds is 2. The molecule has 1 rings (SSSR count). The molecular formula is C9H12FOP. The first-order valence-corrected chi connectivity index (χ1v) is 4.38. The summed E-state index contributed by atoms with van der Waals surface area (Å²) in [4.78, 5) is 0. The van der Waals surface area contributed by atoms with Gasteiger partial charge in [-0.3, -0.25) is 0 Å². The average Bonchev–Trinajstić information content (AvgIpc) is 2.08. The van der Waals surface area contributed by atoms with E-state index in [1.165, 1.54) is 6.07 Å². The summed E-state index contributed by atoms with van der Waals surface area (Å²) in [7, 11) is 2.32. The van der Waals surface area contributed by atoms with E-state index in [1.807, 2.05) is 13.0 Å². The van der Waals surface area contributed by atoms with Crippen molar-refractivity contribution >= 4 is 14.5 Å². The smallest absolute Gasteiger partial charge is 0.130 e. The van der Waals surface area contributed by atoms with Gasteiger partial charge in [-0.1, -0.05) is 19.1 Å². The number of aliphatic hydroxyl groups is 1. The number of benzene rings is 1. The van der Waals surface area contributed by atoms with Crippen molar-refractivity contribution in [3.8, 4) is 0 Å². The molecular weight excluding hydrogens is 174 g/mol. The highest BCUT2D eigenvalue weighted by Gasteiger charge is 2.05. The maximum atomic E-state index is 13.0. The lowest BCUT2D eigenvalue weighted by Gasteiger charge is -2.08. The predicted octanol–water partition coefficient (Wildman–Crippen LogP) is 1.42. The Morgan fingerprint density at radius 3 is 2.75 bits per heavy atom. The average molecular weight is 186 g/mol. The molecule has 3 heteroatoms. The molecule has 1 N–H and O–H groups in total. The molecule has 1 aromatic rings. The second-order valence-corrected chi connectivity index (χ2v) is 3.49. The first-order valence-electron chi connectivity index (χ1n) is 3.81. The van der Waals surface area contributed by atoms with Crippen LogP contribution in [0.4, 0.5) is 4.39 Å². The summed E-state index contributed by atoms with van der Waals surface area (Å²) in [6.45, 7) is 1.91. The van der Waals surface area contributed by atoms with Crippen molar-refractivity contribution in [2.45, 2.75) is 12.8 Å². The zero-order valence-corrected chi connectivity index (χ0v) is 8.07. The Morgan fingerprint density at radius 1 is 1.58 bits per heavy atom. The SMILES string of the molecule is CC(CO)c1ccc(P)c(F)c1. The van der Waals surface area contributed by atoms with Gasteiger partial charge in [0.05, 0.1) is 0 Å².